The second-order valence-electron chi connectivity index (χ2n) is 7.28. The highest BCUT2D eigenvalue weighted by Crippen LogP contribution is 2.21. The zero-order valence-electron chi connectivity index (χ0n) is 16.9. The third-order valence-electron chi connectivity index (χ3n) is 5.30. The van der Waals surface area contributed by atoms with E-state index in [0.717, 1.165) is 16.6 Å². The number of carbonyl (C=O) groups excluding carboxylic acids is 1. The average Bonchev–Trinajstić information content (AvgIpc) is 3.35. The van der Waals surface area contributed by atoms with Gasteiger partial charge in [-0.1, -0.05) is 54.6 Å². The Balaban J connectivity index is 1.63. The van der Waals surface area contributed by atoms with Crippen molar-refractivity contribution in [2.75, 3.05) is 5.32 Å². The summed E-state index contributed by atoms with van der Waals surface area (Å²) in [6, 6.07) is 28.4. The number of nitrogens with zero attached hydrogens (tertiary/aromatic N) is 2. The van der Waals surface area contributed by atoms with Gasteiger partial charge in [-0.05, 0) is 43.3 Å². The molecule has 0 radical (unpaired) electrons. The Morgan fingerprint density at radius 2 is 1.39 bits per heavy atom. The van der Waals surface area contributed by atoms with E-state index >= 15 is 0 Å². The fourth-order valence-electron chi connectivity index (χ4n) is 3.81. The van der Waals surface area contributed by atoms with Gasteiger partial charge in [-0.3, -0.25) is 9.59 Å². The number of hydrogen-bond donors (Lipinski definition) is 2. The Morgan fingerprint density at radius 1 is 0.806 bits per heavy atom. The quantitative estimate of drug-likeness (QED) is 0.454. The fourth-order valence-corrected chi connectivity index (χ4v) is 3.81. The van der Waals surface area contributed by atoms with Crippen molar-refractivity contribution >= 4 is 22.5 Å². The van der Waals surface area contributed by atoms with Gasteiger partial charge >= 0.3 is 0 Å². The van der Waals surface area contributed by atoms with Crippen LogP contribution in [0.15, 0.2) is 95.8 Å². The van der Waals surface area contributed by atoms with Crippen molar-refractivity contribution < 1.29 is 4.79 Å². The summed E-state index contributed by atoms with van der Waals surface area (Å²) in [6.45, 7) is 1.83. The summed E-state index contributed by atoms with van der Waals surface area (Å²) in [5, 5.41) is 3.77. The summed E-state index contributed by atoms with van der Waals surface area (Å²) >= 11 is 0. The smallest absolute Gasteiger partial charge is 0.295 e. The molecule has 3 aromatic carbocycles. The topological polar surface area (TPSA) is 71.8 Å². The number of carbonyl (C=O) groups is 1. The molecule has 152 valence electrons. The molecule has 6 nitrogen and oxygen atoms in total. The van der Waals surface area contributed by atoms with E-state index in [1.807, 2.05) is 96.5 Å². The van der Waals surface area contributed by atoms with Crippen molar-refractivity contribution in [3.63, 3.8) is 0 Å². The van der Waals surface area contributed by atoms with Crippen LogP contribution in [0.4, 0.5) is 5.69 Å². The van der Waals surface area contributed by atoms with Gasteiger partial charge in [0.25, 0.3) is 11.5 Å². The molecule has 0 saturated heterocycles. The molecule has 31 heavy (non-hydrogen) atoms. The molecular formula is C25H20N4O2. The monoisotopic (exact) mass is 408 g/mol. The molecule has 0 aliphatic heterocycles. The molecule has 2 heterocycles. The van der Waals surface area contributed by atoms with Crippen molar-refractivity contribution in [3.05, 3.63) is 113 Å². The lowest BCUT2D eigenvalue weighted by molar-refractivity contribution is 0.102. The van der Waals surface area contributed by atoms with E-state index in [0.29, 0.717) is 17.1 Å². The van der Waals surface area contributed by atoms with Crippen molar-refractivity contribution in [2.24, 2.45) is 0 Å². The molecule has 5 aromatic rings. The molecule has 0 fully saturated rings. The standard InChI is InChI=1S/C25H20N4O2/c1-17-23(27-24(30)22-16-18-10-8-9-15-21(18)26-22)25(31)29(20-13-6-3-7-14-20)28(17)19-11-4-2-5-12-19/h2-16,26H,1H3,(H,27,30). The molecule has 0 aliphatic carbocycles. The summed E-state index contributed by atoms with van der Waals surface area (Å²) in [7, 11) is 0. The zero-order chi connectivity index (χ0) is 21.4. The van der Waals surface area contributed by atoms with Crippen molar-refractivity contribution in [1.29, 1.82) is 0 Å². The second-order valence-corrected chi connectivity index (χ2v) is 7.28. The van der Waals surface area contributed by atoms with Crippen LogP contribution in [0, 0.1) is 6.92 Å². The third kappa shape index (κ3) is 3.24. The number of rotatable bonds is 4. The number of H-pyrrole nitrogens is 1. The molecule has 6 heteroatoms. The first-order valence-corrected chi connectivity index (χ1v) is 9.98. The largest absolute Gasteiger partial charge is 0.351 e. The first kappa shape index (κ1) is 18.7. The Kier molecular flexibility index (Phi) is 4.52. The lowest BCUT2D eigenvalue weighted by Crippen LogP contribution is -2.23. The van der Waals surface area contributed by atoms with Crippen LogP contribution in [0.2, 0.25) is 0 Å². The molecule has 0 atom stereocenters. The van der Waals surface area contributed by atoms with E-state index < -0.39 is 0 Å². The number of benzene rings is 3. The van der Waals surface area contributed by atoms with Crippen LogP contribution in [0.1, 0.15) is 16.2 Å². The van der Waals surface area contributed by atoms with Crippen molar-refractivity contribution in [3.8, 4) is 11.4 Å². The van der Waals surface area contributed by atoms with Crippen LogP contribution in [-0.4, -0.2) is 20.3 Å². The Labute approximate surface area is 178 Å². The Hall–Kier alpha value is -4.32. The lowest BCUT2D eigenvalue weighted by Gasteiger charge is -2.13. The third-order valence-corrected chi connectivity index (χ3v) is 5.30. The molecule has 2 aromatic heterocycles. The summed E-state index contributed by atoms with van der Waals surface area (Å²) in [6.07, 6.45) is 0. The first-order chi connectivity index (χ1) is 15.1. The second kappa shape index (κ2) is 7.50. The van der Waals surface area contributed by atoms with Crippen LogP contribution in [0.25, 0.3) is 22.3 Å². The van der Waals surface area contributed by atoms with Crippen LogP contribution >= 0.6 is 0 Å². The van der Waals surface area contributed by atoms with Crippen molar-refractivity contribution in [2.45, 2.75) is 6.92 Å². The highest BCUT2D eigenvalue weighted by molar-refractivity contribution is 6.06. The van der Waals surface area contributed by atoms with E-state index in [1.54, 1.807) is 10.7 Å². The maximum Gasteiger partial charge on any atom is 0.295 e. The lowest BCUT2D eigenvalue weighted by atomic mass is 10.2. The van der Waals surface area contributed by atoms with Gasteiger partial charge in [-0.2, -0.15) is 0 Å². The van der Waals surface area contributed by atoms with E-state index in [2.05, 4.69) is 10.3 Å². The fraction of sp³-hybridized carbons (Fsp3) is 0.0400. The minimum absolute atomic E-state index is 0.247. The highest BCUT2D eigenvalue weighted by atomic mass is 16.2. The number of amides is 1. The minimum atomic E-state index is -0.359. The van der Waals surface area contributed by atoms with Crippen LogP contribution in [0.5, 0.6) is 0 Å². The molecule has 0 unspecified atom stereocenters. The van der Waals surface area contributed by atoms with E-state index in [-0.39, 0.29) is 17.2 Å². The highest BCUT2D eigenvalue weighted by Gasteiger charge is 2.22. The van der Waals surface area contributed by atoms with Crippen LogP contribution in [-0.2, 0) is 0 Å². The normalized spacial score (nSPS) is 11.0. The van der Waals surface area contributed by atoms with Gasteiger partial charge < -0.3 is 10.3 Å². The summed E-state index contributed by atoms with van der Waals surface area (Å²) in [5.41, 5.74) is 3.40. The zero-order valence-corrected chi connectivity index (χ0v) is 16.9. The predicted octanol–water partition coefficient (Wildman–Crippen LogP) is 4.67. The van der Waals surface area contributed by atoms with Gasteiger partial charge in [-0.25, -0.2) is 9.36 Å². The molecule has 0 saturated carbocycles. The average molecular weight is 408 g/mol. The van der Waals surface area contributed by atoms with Crippen LogP contribution in [0.3, 0.4) is 0 Å². The van der Waals surface area contributed by atoms with E-state index in [9.17, 15) is 9.59 Å². The number of hydrogen-bond acceptors (Lipinski definition) is 2. The number of aromatic amines is 1. The van der Waals surface area contributed by atoms with Crippen molar-refractivity contribution in [1.82, 2.24) is 14.3 Å². The summed E-state index contributed by atoms with van der Waals surface area (Å²) in [5.74, 6) is -0.359. The molecule has 1 amide bonds. The van der Waals surface area contributed by atoms with Gasteiger partial charge in [0, 0.05) is 10.9 Å². The van der Waals surface area contributed by atoms with Gasteiger partial charge in [0.05, 0.1) is 17.1 Å². The molecule has 2 N–H and O–H groups in total. The number of anilines is 1. The van der Waals surface area contributed by atoms with Crippen LogP contribution < -0.4 is 10.9 Å². The maximum atomic E-state index is 13.4. The minimum Gasteiger partial charge on any atom is -0.351 e. The van der Waals surface area contributed by atoms with E-state index in [1.165, 1.54) is 0 Å². The molecule has 0 bridgehead atoms. The molecule has 0 spiro atoms. The van der Waals surface area contributed by atoms with Gasteiger partial charge in [-0.15, -0.1) is 0 Å². The Morgan fingerprint density at radius 3 is 2.03 bits per heavy atom. The SMILES string of the molecule is Cc1c(NC(=O)c2cc3ccccc3[nH]2)c(=O)n(-c2ccccc2)n1-c1ccccc1. The summed E-state index contributed by atoms with van der Waals surface area (Å²) < 4.78 is 3.39. The number of fused-ring (bicyclic) bond motifs is 1. The first-order valence-electron chi connectivity index (χ1n) is 9.98. The number of para-hydroxylation sites is 3. The molecular weight excluding hydrogens is 388 g/mol. The molecule has 5 rings (SSSR count). The predicted molar refractivity (Wildman–Crippen MR) is 122 cm³/mol. The maximum absolute atomic E-state index is 13.4. The van der Waals surface area contributed by atoms with Gasteiger partial charge in [0.15, 0.2) is 0 Å². The van der Waals surface area contributed by atoms with Gasteiger partial charge in [0.1, 0.15) is 11.4 Å². The number of nitrogens with one attached hydrogen (secondary N) is 2. The van der Waals surface area contributed by atoms with Gasteiger partial charge in [0.2, 0.25) is 0 Å². The summed E-state index contributed by atoms with van der Waals surface area (Å²) in [4.78, 5) is 29.5. The number of aromatic nitrogens is 3. The Bertz CT molecular complexity index is 1410. The van der Waals surface area contributed by atoms with E-state index in [4.69, 9.17) is 0 Å². The molecule has 0 aliphatic rings.